The van der Waals surface area contributed by atoms with Crippen molar-refractivity contribution in [1.29, 1.82) is 0 Å². The summed E-state index contributed by atoms with van der Waals surface area (Å²) >= 11 is 5.91. The van der Waals surface area contributed by atoms with Crippen LogP contribution < -0.4 is 5.32 Å². The first kappa shape index (κ1) is 12.4. The number of pyridine rings is 1. The molecule has 4 heteroatoms. The molecule has 2 unspecified atom stereocenters. The van der Waals surface area contributed by atoms with E-state index >= 15 is 0 Å². The van der Waals surface area contributed by atoms with Gasteiger partial charge in [0.05, 0.1) is 0 Å². The maximum Gasteiger partial charge on any atom is 0.269 e. The van der Waals surface area contributed by atoms with Gasteiger partial charge in [0.25, 0.3) is 5.91 Å². The Hall–Kier alpha value is -1.09. The number of hydrogen-bond acceptors (Lipinski definition) is 2. The average molecular weight is 253 g/mol. The molecule has 92 valence electrons. The Morgan fingerprint density at radius 1 is 1.41 bits per heavy atom. The van der Waals surface area contributed by atoms with Gasteiger partial charge in [-0.25, -0.2) is 0 Å². The van der Waals surface area contributed by atoms with Gasteiger partial charge in [-0.3, -0.25) is 9.78 Å². The summed E-state index contributed by atoms with van der Waals surface area (Å²) in [5.41, 5.74) is 0.480. The van der Waals surface area contributed by atoms with Gasteiger partial charge in [-0.15, -0.1) is 11.6 Å². The monoisotopic (exact) mass is 252 g/mol. The van der Waals surface area contributed by atoms with Gasteiger partial charge < -0.3 is 5.32 Å². The summed E-state index contributed by atoms with van der Waals surface area (Å²) in [4.78, 5) is 15.8. The first-order valence-electron chi connectivity index (χ1n) is 6.06. The molecule has 0 aromatic carbocycles. The van der Waals surface area contributed by atoms with Crippen LogP contribution in [0.5, 0.6) is 0 Å². The first-order chi connectivity index (χ1) is 8.31. The molecule has 1 aromatic heterocycles. The third-order valence-electron chi connectivity index (χ3n) is 3.44. The van der Waals surface area contributed by atoms with Gasteiger partial charge in [0.15, 0.2) is 0 Å². The van der Waals surface area contributed by atoms with Crippen LogP contribution in [-0.2, 0) is 0 Å². The zero-order chi connectivity index (χ0) is 12.1. The van der Waals surface area contributed by atoms with Gasteiger partial charge in [-0.2, -0.15) is 0 Å². The second kappa shape index (κ2) is 6.01. The third-order valence-corrected chi connectivity index (χ3v) is 3.83. The molecule has 0 spiro atoms. The van der Waals surface area contributed by atoms with Crippen molar-refractivity contribution in [1.82, 2.24) is 10.3 Å². The van der Waals surface area contributed by atoms with Crippen molar-refractivity contribution in [3.05, 3.63) is 30.1 Å². The molecule has 0 saturated heterocycles. The summed E-state index contributed by atoms with van der Waals surface area (Å²) in [6.45, 7) is 0.715. The van der Waals surface area contributed by atoms with Crippen molar-refractivity contribution in [3.63, 3.8) is 0 Å². The predicted molar refractivity (Wildman–Crippen MR) is 68.1 cm³/mol. The highest BCUT2D eigenvalue weighted by Crippen LogP contribution is 2.31. The summed E-state index contributed by atoms with van der Waals surface area (Å²) in [5, 5.41) is 2.95. The van der Waals surface area contributed by atoms with Crippen molar-refractivity contribution in [2.45, 2.75) is 19.3 Å². The van der Waals surface area contributed by atoms with Crippen LogP contribution in [0.4, 0.5) is 0 Å². The van der Waals surface area contributed by atoms with Crippen LogP contribution in [0.2, 0.25) is 0 Å². The van der Waals surface area contributed by atoms with Crippen molar-refractivity contribution in [2.75, 3.05) is 12.4 Å². The Bertz CT molecular complexity index is 369. The number of carbonyl (C=O) groups is 1. The first-order valence-corrected chi connectivity index (χ1v) is 6.60. The number of amides is 1. The van der Waals surface area contributed by atoms with Gasteiger partial charge in [0.2, 0.25) is 0 Å². The number of aromatic nitrogens is 1. The standard InChI is InChI=1S/C13H17ClN2O/c14-8-10-4-3-5-11(10)9-16-13(17)12-6-1-2-7-15-12/h1-2,6-7,10-11H,3-5,8-9H2,(H,16,17). The lowest BCUT2D eigenvalue weighted by molar-refractivity contribution is 0.0939. The van der Waals surface area contributed by atoms with Gasteiger partial charge in [-0.05, 0) is 36.8 Å². The van der Waals surface area contributed by atoms with Crippen molar-refractivity contribution in [3.8, 4) is 0 Å². The number of nitrogens with one attached hydrogen (secondary N) is 1. The molecule has 1 fully saturated rings. The number of hydrogen-bond donors (Lipinski definition) is 1. The Labute approximate surface area is 107 Å². The van der Waals surface area contributed by atoms with E-state index in [0.717, 1.165) is 0 Å². The van der Waals surface area contributed by atoms with Crippen LogP contribution in [0.25, 0.3) is 0 Å². The van der Waals surface area contributed by atoms with Crippen molar-refractivity contribution >= 4 is 17.5 Å². The smallest absolute Gasteiger partial charge is 0.269 e. The summed E-state index contributed by atoms with van der Waals surface area (Å²) in [6.07, 6.45) is 5.21. The molecule has 1 N–H and O–H groups in total. The van der Waals surface area contributed by atoms with Gasteiger partial charge >= 0.3 is 0 Å². The fourth-order valence-corrected chi connectivity index (χ4v) is 2.80. The molecule has 17 heavy (non-hydrogen) atoms. The number of rotatable bonds is 4. The lowest BCUT2D eigenvalue weighted by Gasteiger charge is -2.17. The van der Waals surface area contributed by atoms with E-state index in [1.54, 1.807) is 18.3 Å². The molecular formula is C13H17ClN2O. The molecule has 1 heterocycles. The van der Waals surface area contributed by atoms with Gasteiger partial charge in [0.1, 0.15) is 5.69 Å². The maximum absolute atomic E-state index is 11.8. The topological polar surface area (TPSA) is 42.0 Å². The van der Waals surface area contributed by atoms with Crippen molar-refractivity contribution < 1.29 is 4.79 Å². The number of halogens is 1. The predicted octanol–water partition coefficient (Wildman–Crippen LogP) is 2.47. The quantitative estimate of drug-likeness (QED) is 0.837. The summed E-state index contributed by atoms with van der Waals surface area (Å²) in [5.74, 6) is 1.69. The van der Waals surface area contributed by atoms with E-state index < -0.39 is 0 Å². The van der Waals surface area contributed by atoms with Crippen LogP contribution in [-0.4, -0.2) is 23.3 Å². The van der Waals surface area contributed by atoms with Crippen LogP contribution >= 0.6 is 11.6 Å². The molecule has 1 amide bonds. The Kier molecular flexibility index (Phi) is 4.37. The van der Waals surface area contributed by atoms with E-state index in [9.17, 15) is 4.79 Å². The molecule has 2 rings (SSSR count). The van der Waals surface area contributed by atoms with E-state index in [2.05, 4.69) is 10.3 Å². The molecule has 0 radical (unpaired) electrons. The SMILES string of the molecule is O=C(NCC1CCCC1CCl)c1ccccn1. The highest BCUT2D eigenvalue weighted by Gasteiger charge is 2.26. The molecule has 1 aliphatic rings. The van der Waals surface area contributed by atoms with E-state index in [4.69, 9.17) is 11.6 Å². The zero-order valence-electron chi connectivity index (χ0n) is 9.73. The highest BCUT2D eigenvalue weighted by molar-refractivity contribution is 6.18. The molecule has 0 bridgehead atoms. The lowest BCUT2D eigenvalue weighted by Crippen LogP contribution is -2.31. The van der Waals surface area contributed by atoms with E-state index in [1.807, 2.05) is 6.07 Å². The summed E-state index contributed by atoms with van der Waals surface area (Å²) < 4.78 is 0. The Balaban J connectivity index is 1.84. The van der Waals surface area contributed by atoms with E-state index in [0.29, 0.717) is 30.0 Å². The van der Waals surface area contributed by atoms with Gasteiger partial charge in [-0.1, -0.05) is 12.5 Å². The minimum absolute atomic E-state index is 0.0918. The lowest BCUT2D eigenvalue weighted by atomic mass is 9.98. The van der Waals surface area contributed by atoms with Crippen LogP contribution in [0.3, 0.4) is 0 Å². The second-order valence-corrected chi connectivity index (χ2v) is 4.84. The molecule has 0 aliphatic heterocycles. The molecular weight excluding hydrogens is 236 g/mol. The molecule has 1 aromatic rings. The minimum atomic E-state index is -0.0918. The third kappa shape index (κ3) is 3.19. The molecule has 1 aliphatic carbocycles. The number of carbonyl (C=O) groups excluding carboxylic acids is 1. The normalized spacial score (nSPS) is 23.6. The second-order valence-electron chi connectivity index (χ2n) is 4.53. The highest BCUT2D eigenvalue weighted by atomic mass is 35.5. The zero-order valence-corrected chi connectivity index (χ0v) is 10.5. The largest absolute Gasteiger partial charge is 0.350 e. The number of nitrogens with zero attached hydrogens (tertiary/aromatic N) is 1. The minimum Gasteiger partial charge on any atom is -0.350 e. The van der Waals surface area contributed by atoms with Gasteiger partial charge in [0, 0.05) is 18.6 Å². The molecule has 1 saturated carbocycles. The van der Waals surface area contributed by atoms with Crippen LogP contribution in [0, 0.1) is 11.8 Å². The fourth-order valence-electron chi connectivity index (χ4n) is 2.40. The number of alkyl halides is 1. The Morgan fingerprint density at radius 3 is 2.94 bits per heavy atom. The molecule has 3 nitrogen and oxygen atoms in total. The average Bonchev–Trinajstić information content (AvgIpc) is 2.84. The maximum atomic E-state index is 11.8. The molecule has 2 atom stereocenters. The fraction of sp³-hybridized carbons (Fsp3) is 0.538. The van der Waals surface area contributed by atoms with Crippen molar-refractivity contribution in [2.24, 2.45) is 11.8 Å². The summed E-state index contributed by atoms with van der Waals surface area (Å²) in [7, 11) is 0. The van der Waals surface area contributed by atoms with Crippen LogP contribution in [0.1, 0.15) is 29.8 Å². The van der Waals surface area contributed by atoms with E-state index in [1.165, 1.54) is 19.3 Å². The van der Waals surface area contributed by atoms with Crippen LogP contribution in [0.15, 0.2) is 24.4 Å². The summed E-state index contributed by atoms with van der Waals surface area (Å²) in [6, 6.07) is 5.35. The Morgan fingerprint density at radius 2 is 2.24 bits per heavy atom. The van der Waals surface area contributed by atoms with E-state index in [-0.39, 0.29) is 5.91 Å².